The summed E-state index contributed by atoms with van der Waals surface area (Å²) < 4.78 is 67.2. The lowest BCUT2D eigenvalue weighted by atomic mass is 9.75. The standard InChI is InChI=1S/C31H32F4O4/c1-31(2)13-5-7-24(31)22-14-18(9-11-20(22)23-15-19(30(34)35)10-12-25(23)32)17-39-27-8-4-6-21(29(27)33)26(36)16-28(37)38-3/h4,6,8-12,14-15,24,26,30,36H,5,7,13,16-17H2,1-3H3/t24?,26-/m1/s1. The molecule has 2 atom stereocenters. The van der Waals surface area contributed by atoms with Gasteiger partial charge in [0.25, 0.3) is 6.43 Å². The summed E-state index contributed by atoms with van der Waals surface area (Å²) >= 11 is 0. The first kappa shape index (κ1) is 28.6. The highest BCUT2D eigenvalue weighted by Crippen LogP contribution is 2.51. The monoisotopic (exact) mass is 544 g/mol. The Kier molecular flexibility index (Phi) is 8.64. The minimum absolute atomic E-state index is 0.0204. The number of halogens is 4. The van der Waals surface area contributed by atoms with Gasteiger partial charge in [0, 0.05) is 16.7 Å². The molecule has 39 heavy (non-hydrogen) atoms. The van der Waals surface area contributed by atoms with Crippen LogP contribution in [0.15, 0.2) is 54.6 Å². The van der Waals surface area contributed by atoms with Crippen molar-refractivity contribution in [2.24, 2.45) is 5.41 Å². The van der Waals surface area contributed by atoms with Gasteiger partial charge in [-0.25, -0.2) is 17.6 Å². The van der Waals surface area contributed by atoms with Crippen LogP contribution < -0.4 is 4.74 Å². The molecule has 1 saturated carbocycles. The number of esters is 1. The van der Waals surface area contributed by atoms with Crippen LogP contribution in [0.3, 0.4) is 0 Å². The Balaban J connectivity index is 1.67. The first-order valence-electron chi connectivity index (χ1n) is 12.9. The number of hydrogen-bond donors (Lipinski definition) is 1. The fourth-order valence-corrected chi connectivity index (χ4v) is 5.43. The number of carbonyl (C=O) groups is 1. The molecule has 208 valence electrons. The van der Waals surface area contributed by atoms with Gasteiger partial charge in [-0.15, -0.1) is 0 Å². The van der Waals surface area contributed by atoms with Crippen molar-refractivity contribution in [3.8, 4) is 16.9 Å². The summed E-state index contributed by atoms with van der Waals surface area (Å²) in [6.07, 6.45) is -1.68. The second kappa shape index (κ2) is 11.8. The molecule has 0 aliphatic heterocycles. The van der Waals surface area contributed by atoms with Gasteiger partial charge in [-0.1, -0.05) is 56.7 Å². The third kappa shape index (κ3) is 6.27. The third-order valence-electron chi connectivity index (χ3n) is 7.62. The molecule has 0 amide bonds. The van der Waals surface area contributed by atoms with E-state index in [2.05, 4.69) is 18.6 Å². The third-order valence-corrected chi connectivity index (χ3v) is 7.62. The first-order chi connectivity index (χ1) is 18.5. The van der Waals surface area contributed by atoms with Crippen molar-refractivity contribution in [2.45, 2.75) is 64.6 Å². The zero-order valence-corrected chi connectivity index (χ0v) is 22.1. The summed E-state index contributed by atoms with van der Waals surface area (Å²) in [6, 6.07) is 13.0. The van der Waals surface area contributed by atoms with Gasteiger partial charge in [0.1, 0.15) is 12.4 Å². The van der Waals surface area contributed by atoms with Crippen molar-refractivity contribution in [3.05, 3.63) is 88.5 Å². The lowest BCUT2D eigenvalue weighted by Crippen LogP contribution is -2.17. The highest BCUT2D eigenvalue weighted by molar-refractivity contribution is 5.71. The number of hydrogen-bond acceptors (Lipinski definition) is 4. The lowest BCUT2D eigenvalue weighted by molar-refractivity contribution is -0.142. The van der Waals surface area contributed by atoms with Crippen LogP contribution in [0.25, 0.3) is 11.1 Å². The second-order valence-electron chi connectivity index (χ2n) is 10.6. The number of aliphatic hydroxyl groups is 1. The molecule has 0 aromatic heterocycles. The maximum Gasteiger partial charge on any atom is 0.308 e. The van der Waals surface area contributed by atoms with E-state index in [0.29, 0.717) is 11.1 Å². The topological polar surface area (TPSA) is 55.8 Å². The second-order valence-corrected chi connectivity index (χ2v) is 10.6. The van der Waals surface area contributed by atoms with Crippen molar-refractivity contribution >= 4 is 5.97 Å². The first-order valence-corrected chi connectivity index (χ1v) is 12.9. The molecule has 0 heterocycles. The molecule has 4 nitrogen and oxygen atoms in total. The molecule has 1 N–H and O–H groups in total. The van der Waals surface area contributed by atoms with Gasteiger partial charge in [0.2, 0.25) is 0 Å². The van der Waals surface area contributed by atoms with Gasteiger partial charge < -0.3 is 14.6 Å². The highest BCUT2D eigenvalue weighted by atomic mass is 19.3. The van der Waals surface area contributed by atoms with E-state index in [1.165, 1.54) is 31.4 Å². The molecule has 8 heteroatoms. The summed E-state index contributed by atoms with van der Waals surface area (Å²) in [5.74, 6) is -2.07. The summed E-state index contributed by atoms with van der Waals surface area (Å²) in [6.45, 7) is 4.27. The van der Waals surface area contributed by atoms with Crippen molar-refractivity contribution < 1.29 is 36.9 Å². The Labute approximate surface area is 225 Å². The number of alkyl halides is 2. The van der Waals surface area contributed by atoms with E-state index >= 15 is 4.39 Å². The van der Waals surface area contributed by atoms with E-state index in [0.717, 1.165) is 37.0 Å². The molecule has 4 rings (SSSR count). The Hall–Kier alpha value is -3.39. The largest absolute Gasteiger partial charge is 0.486 e. The van der Waals surface area contributed by atoms with E-state index in [1.54, 1.807) is 12.1 Å². The van der Waals surface area contributed by atoms with Crippen molar-refractivity contribution in [1.29, 1.82) is 0 Å². The molecule has 3 aromatic carbocycles. The summed E-state index contributed by atoms with van der Waals surface area (Å²) in [5.41, 5.74) is 1.79. The zero-order valence-electron chi connectivity index (χ0n) is 22.1. The summed E-state index contributed by atoms with van der Waals surface area (Å²) in [7, 11) is 1.18. The van der Waals surface area contributed by atoms with E-state index in [1.807, 2.05) is 6.07 Å². The minimum atomic E-state index is -2.72. The average Bonchev–Trinajstić information content (AvgIpc) is 3.26. The minimum Gasteiger partial charge on any atom is -0.486 e. The molecule has 0 spiro atoms. The normalized spacial score (nSPS) is 17.3. The number of carbonyl (C=O) groups excluding carboxylic acids is 1. The van der Waals surface area contributed by atoms with Crippen molar-refractivity contribution in [3.63, 3.8) is 0 Å². The highest BCUT2D eigenvalue weighted by Gasteiger charge is 2.37. The van der Waals surface area contributed by atoms with Crippen LogP contribution in [0, 0.1) is 17.0 Å². The van der Waals surface area contributed by atoms with Crippen LogP contribution in [0.4, 0.5) is 17.6 Å². The number of rotatable bonds is 9. The molecule has 1 aliphatic rings. The van der Waals surface area contributed by atoms with Crippen molar-refractivity contribution in [2.75, 3.05) is 7.11 Å². The van der Waals surface area contributed by atoms with E-state index in [9.17, 15) is 23.1 Å². The van der Waals surface area contributed by atoms with E-state index < -0.39 is 36.6 Å². The maximum atomic E-state index is 15.1. The molecule has 0 bridgehead atoms. The predicted octanol–water partition coefficient (Wildman–Crippen LogP) is 8.04. The van der Waals surface area contributed by atoms with Crippen LogP contribution in [0.2, 0.25) is 0 Å². The average molecular weight is 545 g/mol. The van der Waals surface area contributed by atoms with Gasteiger partial charge >= 0.3 is 5.97 Å². The van der Waals surface area contributed by atoms with Gasteiger partial charge in [0.05, 0.1) is 19.6 Å². The van der Waals surface area contributed by atoms with Gasteiger partial charge in [-0.3, -0.25) is 4.79 Å². The van der Waals surface area contributed by atoms with Crippen LogP contribution in [-0.2, 0) is 16.1 Å². The van der Waals surface area contributed by atoms with E-state index in [-0.39, 0.29) is 40.4 Å². The van der Waals surface area contributed by atoms with Crippen LogP contribution in [-0.4, -0.2) is 18.2 Å². The summed E-state index contributed by atoms with van der Waals surface area (Å²) in [4.78, 5) is 11.5. The van der Waals surface area contributed by atoms with Crippen LogP contribution in [0.1, 0.15) is 80.2 Å². The smallest absolute Gasteiger partial charge is 0.308 e. The van der Waals surface area contributed by atoms with Gasteiger partial charge in [-0.2, -0.15) is 0 Å². The molecule has 1 unspecified atom stereocenters. The number of ether oxygens (including phenoxy) is 2. The Bertz CT molecular complexity index is 1340. The van der Waals surface area contributed by atoms with Gasteiger partial charge in [0.15, 0.2) is 11.6 Å². The molecular formula is C31H32F4O4. The molecule has 1 fully saturated rings. The molecule has 0 saturated heterocycles. The molecule has 1 aliphatic carbocycles. The number of methoxy groups -OCH3 is 1. The Morgan fingerprint density at radius 1 is 1.08 bits per heavy atom. The SMILES string of the molecule is COC(=O)C[C@@H](O)c1cccc(OCc2ccc(-c3cc(C(F)F)ccc3F)c(C3CCCC3(C)C)c2)c1F. The Morgan fingerprint density at radius 2 is 1.85 bits per heavy atom. The quantitative estimate of drug-likeness (QED) is 0.219. The molecule has 3 aromatic rings. The fourth-order valence-electron chi connectivity index (χ4n) is 5.43. The lowest BCUT2D eigenvalue weighted by Gasteiger charge is -2.30. The predicted molar refractivity (Wildman–Crippen MR) is 139 cm³/mol. The maximum absolute atomic E-state index is 15.1. The molecule has 0 radical (unpaired) electrons. The van der Waals surface area contributed by atoms with Crippen LogP contribution in [0.5, 0.6) is 5.75 Å². The Morgan fingerprint density at radius 3 is 2.51 bits per heavy atom. The molecular weight excluding hydrogens is 512 g/mol. The zero-order chi connectivity index (χ0) is 28.3. The van der Waals surface area contributed by atoms with Crippen molar-refractivity contribution in [1.82, 2.24) is 0 Å². The van der Waals surface area contributed by atoms with Gasteiger partial charge in [-0.05, 0) is 59.1 Å². The van der Waals surface area contributed by atoms with E-state index in [4.69, 9.17) is 4.74 Å². The number of aliphatic hydroxyl groups excluding tert-OH is 1. The number of benzene rings is 3. The fraction of sp³-hybridized carbons (Fsp3) is 0.387. The summed E-state index contributed by atoms with van der Waals surface area (Å²) in [5, 5.41) is 10.3. The van der Waals surface area contributed by atoms with Crippen LogP contribution >= 0.6 is 0 Å².